The largest absolute Gasteiger partial charge is 0.491 e. The van der Waals surface area contributed by atoms with Crippen LogP contribution in [0.25, 0.3) is 0 Å². The zero-order chi connectivity index (χ0) is 21.7. The number of morpholine rings is 1. The minimum Gasteiger partial charge on any atom is -0.491 e. The van der Waals surface area contributed by atoms with E-state index in [1.54, 1.807) is 12.1 Å². The summed E-state index contributed by atoms with van der Waals surface area (Å²) in [4.78, 5) is 23.0. The standard InChI is InChI=1S/C23H31ClN4O3/c1-26-9-11-28(12-10-26)22(29)15-23(18-30-21-6-4-19(24)5-7-21)17-27(13-14-31-23)16-20-3-2-8-25-20/h2-8,25H,9-18H2,1H3/t23-/m1/s1. The number of ether oxygens (including phenoxy) is 2. The molecule has 4 rings (SSSR count). The highest BCUT2D eigenvalue weighted by Gasteiger charge is 2.41. The molecule has 0 unspecified atom stereocenters. The van der Waals surface area contributed by atoms with E-state index in [0.717, 1.165) is 50.7 Å². The Morgan fingerprint density at radius 3 is 2.65 bits per heavy atom. The smallest absolute Gasteiger partial charge is 0.225 e. The van der Waals surface area contributed by atoms with Crippen LogP contribution in [0.2, 0.25) is 5.02 Å². The number of hydrogen-bond donors (Lipinski definition) is 1. The minimum atomic E-state index is -0.690. The van der Waals surface area contributed by atoms with E-state index in [0.29, 0.717) is 31.2 Å². The number of likely N-dealkylation sites (N-methyl/N-ethyl adjacent to an activating group) is 1. The van der Waals surface area contributed by atoms with E-state index < -0.39 is 5.60 Å². The van der Waals surface area contributed by atoms with Gasteiger partial charge < -0.3 is 24.3 Å². The number of rotatable bonds is 7. The lowest BCUT2D eigenvalue weighted by molar-refractivity contribution is -0.158. The van der Waals surface area contributed by atoms with Crippen molar-refractivity contribution in [3.63, 3.8) is 0 Å². The van der Waals surface area contributed by atoms with Crippen LogP contribution >= 0.6 is 11.6 Å². The summed E-state index contributed by atoms with van der Waals surface area (Å²) in [5.74, 6) is 0.857. The van der Waals surface area contributed by atoms with Gasteiger partial charge in [0.15, 0.2) is 0 Å². The number of benzene rings is 1. The molecular formula is C23H31ClN4O3. The van der Waals surface area contributed by atoms with Crippen LogP contribution in [0.3, 0.4) is 0 Å². The number of aromatic amines is 1. The lowest BCUT2D eigenvalue weighted by Gasteiger charge is -2.43. The minimum absolute atomic E-state index is 0.134. The Morgan fingerprint density at radius 2 is 1.94 bits per heavy atom. The van der Waals surface area contributed by atoms with Crippen LogP contribution in [0, 0.1) is 0 Å². The zero-order valence-corrected chi connectivity index (χ0v) is 18.8. The summed E-state index contributed by atoms with van der Waals surface area (Å²) >= 11 is 6.00. The van der Waals surface area contributed by atoms with Gasteiger partial charge in [0.05, 0.1) is 13.0 Å². The van der Waals surface area contributed by atoms with Crippen molar-refractivity contribution in [1.29, 1.82) is 0 Å². The van der Waals surface area contributed by atoms with Crippen molar-refractivity contribution < 1.29 is 14.3 Å². The molecule has 0 aliphatic carbocycles. The van der Waals surface area contributed by atoms with Crippen molar-refractivity contribution in [2.75, 3.05) is 59.5 Å². The number of hydrogen-bond acceptors (Lipinski definition) is 5. The molecule has 2 aromatic rings. The van der Waals surface area contributed by atoms with Crippen molar-refractivity contribution in [2.45, 2.75) is 18.6 Å². The van der Waals surface area contributed by atoms with Crippen LogP contribution in [-0.2, 0) is 16.1 Å². The number of carbonyl (C=O) groups is 1. The Morgan fingerprint density at radius 1 is 1.16 bits per heavy atom. The molecule has 7 nitrogen and oxygen atoms in total. The number of carbonyl (C=O) groups excluding carboxylic acids is 1. The van der Waals surface area contributed by atoms with Gasteiger partial charge in [-0.15, -0.1) is 0 Å². The van der Waals surface area contributed by atoms with Gasteiger partial charge in [-0.1, -0.05) is 11.6 Å². The Bertz CT molecular complexity index is 837. The molecule has 8 heteroatoms. The van der Waals surface area contributed by atoms with Gasteiger partial charge >= 0.3 is 0 Å². The lowest BCUT2D eigenvalue weighted by atomic mass is 9.96. The van der Waals surface area contributed by atoms with Crippen LogP contribution in [-0.4, -0.2) is 90.7 Å². The summed E-state index contributed by atoms with van der Waals surface area (Å²) in [5, 5.41) is 0.665. The van der Waals surface area contributed by atoms with Gasteiger partial charge in [-0.3, -0.25) is 9.69 Å². The second-order valence-electron chi connectivity index (χ2n) is 8.54. The van der Waals surface area contributed by atoms with Crippen LogP contribution in [0.15, 0.2) is 42.6 Å². The molecule has 0 bridgehead atoms. The SMILES string of the molecule is CN1CCN(C(=O)C[C@]2(COc3ccc(Cl)cc3)CN(Cc3ccc[nH]3)CCO2)CC1. The van der Waals surface area contributed by atoms with E-state index in [-0.39, 0.29) is 5.91 Å². The van der Waals surface area contributed by atoms with Gasteiger partial charge in [0.1, 0.15) is 18.0 Å². The third kappa shape index (κ3) is 6.01. The first-order valence-corrected chi connectivity index (χ1v) is 11.2. The Kier molecular flexibility index (Phi) is 7.17. The van der Waals surface area contributed by atoms with E-state index in [2.05, 4.69) is 27.9 Å². The Hall–Kier alpha value is -2.06. The fraction of sp³-hybridized carbons (Fsp3) is 0.522. The number of piperazine rings is 1. The highest BCUT2D eigenvalue weighted by Crippen LogP contribution is 2.27. The first kappa shape index (κ1) is 22.1. The fourth-order valence-electron chi connectivity index (χ4n) is 4.20. The number of halogens is 1. The van der Waals surface area contributed by atoms with E-state index in [9.17, 15) is 4.79 Å². The van der Waals surface area contributed by atoms with Gasteiger partial charge in [-0.2, -0.15) is 0 Å². The summed E-state index contributed by atoms with van der Waals surface area (Å²) in [6, 6.07) is 11.4. The van der Waals surface area contributed by atoms with Gasteiger partial charge in [-0.25, -0.2) is 0 Å². The maximum atomic E-state index is 13.2. The number of nitrogens with zero attached hydrogens (tertiary/aromatic N) is 3. The number of nitrogens with one attached hydrogen (secondary N) is 1. The summed E-state index contributed by atoms with van der Waals surface area (Å²) in [5.41, 5.74) is 0.463. The molecule has 3 heterocycles. The van der Waals surface area contributed by atoms with Crippen molar-refractivity contribution in [3.05, 3.63) is 53.3 Å². The van der Waals surface area contributed by atoms with Crippen molar-refractivity contribution in [3.8, 4) is 5.75 Å². The second kappa shape index (κ2) is 10.0. The molecule has 1 amide bonds. The first-order chi connectivity index (χ1) is 15.0. The van der Waals surface area contributed by atoms with Crippen molar-refractivity contribution >= 4 is 17.5 Å². The van der Waals surface area contributed by atoms with E-state index >= 15 is 0 Å². The predicted octanol–water partition coefficient (Wildman–Crippen LogP) is 2.48. The maximum Gasteiger partial charge on any atom is 0.225 e. The van der Waals surface area contributed by atoms with Crippen LogP contribution in [0.1, 0.15) is 12.1 Å². The molecule has 2 aliphatic rings. The van der Waals surface area contributed by atoms with Gasteiger partial charge in [0.2, 0.25) is 5.91 Å². The predicted molar refractivity (Wildman–Crippen MR) is 120 cm³/mol. The van der Waals surface area contributed by atoms with Crippen molar-refractivity contribution in [2.24, 2.45) is 0 Å². The lowest BCUT2D eigenvalue weighted by Crippen LogP contribution is -2.58. The molecule has 0 radical (unpaired) electrons. The molecule has 2 aliphatic heterocycles. The van der Waals surface area contributed by atoms with Gasteiger partial charge in [0, 0.05) is 62.7 Å². The van der Waals surface area contributed by atoms with E-state index in [1.165, 1.54) is 0 Å². The molecule has 1 N–H and O–H groups in total. The molecule has 2 saturated heterocycles. The highest BCUT2D eigenvalue weighted by molar-refractivity contribution is 6.30. The molecule has 0 spiro atoms. The summed E-state index contributed by atoms with van der Waals surface area (Å²) in [6.07, 6.45) is 2.25. The van der Waals surface area contributed by atoms with Crippen LogP contribution < -0.4 is 4.74 Å². The second-order valence-corrected chi connectivity index (χ2v) is 8.98. The topological polar surface area (TPSA) is 61.0 Å². The van der Waals surface area contributed by atoms with Crippen molar-refractivity contribution in [1.82, 2.24) is 19.7 Å². The molecular weight excluding hydrogens is 416 g/mol. The number of H-pyrrole nitrogens is 1. The van der Waals surface area contributed by atoms with Crippen LogP contribution in [0.5, 0.6) is 5.75 Å². The third-order valence-corrected chi connectivity index (χ3v) is 6.28. The average molecular weight is 447 g/mol. The average Bonchev–Trinajstić information content (AvgIpc) is 3.27. The number of aromatic nitrogens is 1. The summed E-state index contributed by atoms with van der Waals surface area (Å²) in [7, 11) is 2.09. The van der Waals surface area contributed by atoms with Gasteiger partial charge in [0.25, 0.3) is 0 Å². The van der Waals surface area contributed by atoms with Crippen LogP contribution in [0.4, 0.5) is 0 Å². The quantitative estimate of drug-likeness (QED) is 0.708. The van der Waals surface area contributed by atoms with E-state index in [1.807, 2.05) is 29.3 Å². The molecule has 2 fully saturated rings. The maximum absolute atomic E-state index is 13.2. The number of amides is 1. The molecule has 168 valence electrons. The normalized spacial score (nSPS) is 23.1. The third-order valence-electron chi connectivity index (χ3n) is 6.03. The highest BCUT2D eigenvalue weighted by atomic mass is 35.5. The molecule has 1 atom stereocenters. The first-order valence-electron chi connectivity index (χ1n) is 10.8. The molecule has 31 heavy (non-hydrogen) atoms. The monoisotopic (exact) mass is 446 g/mol. The Balaban J connectivity index is 1.46. The van der Waals surface area contributed by atoms with Gasteiger partial charge in [-0.05, 0) is 43.4 Å². The summed E-state index contributed by atoms with van der Waals surface area (Å²) in [6.45, 7) is 6.46. The molecule has 1 aromatic carbocycles. The molecule has 1 aromatic heterocycles. The van der Waals surface area contributed by atoms with E-state index in [4.69, 9.17) is 21.1 Å². The fourth-order valence-corrected chi connectivity index (χ4v) is 4.33. The Labute approximate surface area is 188 Å². The zero-order valence-electron chi connectivity index (χ0n) is 18.1. The molecule has 0 saturated carbocycles. The summed E-state index contributed by atoms with van der Waals surface area (Å²) < 4.78 is 12.4.